The number of hydrogen-bond donors (Lipinski definition) is 1. The average Bonchev–Trinajstić information content (AvgIpc) is 3.09. The molecule has 8 nitrogen and oxygen atoms in total. The number of nitrogens with zero attached hydrogens (tertiary/aromatic N) is 5. The molecule has 33 heavy (non-hydrogen) atoms. The molecule has 3 heterocycles. The molecule has 1 amide bonds. The number of nitrogens with one attached hydrogen (secondary N) is 1. The van der Waals surface area contributed by atoms with Crippen molar-refractivity contribution in [1.82, 2.24) is 24.0 Å². The average molecular weight is 483 g/mol. The maximum atomic E-state index is 13.0. The van der Waals surface area contributed by atoms with E-state index in [4.69, 9.17) is 11.6 Å². The van der Waals surface area contributed by atoms with Gasteiger partial charge in [0.25, 0.3) is 0 Å². The molecular formula is C21H22ClF3N6O2. The largest absolute Gasteiger partial charge is 0.417 e. The van der Waals surface area contributed by atoms with E-state index in [-0.39, 0.29) is 17.9 Å². The molecule has 1 N–H and O–H groups in total. The monoisotopic (exact) mass is 482 g/mol. The van der Waals surface area contributed by atoms with Gasteiger partial charge in [-0.3, -0.25) is 19.0 Å². The minimum atomic E-state index is -4.59. The van der Waals surface area contributed by atoms with Crippen LogP contribution in [0.5, 0.6) is 0 Å². The summed E-state index contributed by atoms with van der Waals surface area (Å²) >= 11 is 5.61. The van der Waals surface area contributed by atoms with Crippen molar-refractivity contribution in [2.75, 3.05) is 44.6 Å². The first-order chi connectivity index (χ1) is 15.7. The van der Waals surface area contributed by atoms with Crippen LogP contribution in [0.2, 0.25) is 5.02 Å². The molecule has 4 rings (SSSR count). The minimum absolute atomic E-state index is 0.0493. The first-order valence-electron chi connectivity index (χ1n) is 10.4. The molecule has 1 aliphatic heterocycles. The standard InChI is InChI=1S/C21H22ClF3N6O2/c22-17-5-4-15(13-16(17)21(23,24)25)26-19(32)14-29-9-7-28(8-10-29)11-12-31-20(33)30-6-2-1-3-18(30)27-31/h1-6,13H,7-12,14H2,(H,26,32). The summed E-state index contributed by atoms with van der Waals surface area (Å²) in [7, 11) is 0. The zero-order chi connectivity index (χ0) is 23.6. The third kappa shape index (κ3) is 5.55. The number of anilines is 1. The number of carbonyl (C=O) groups is 1. The summed E-state index contributed by atoms with van der Waals surface area (Å²) in [6, 6.07) is 8.67. The van der Waals surface area contributed by atoms with Gasteiger partial charge in [0.2, 0.25) is 5.91 Å². The molecule has 3 aromatic rings. The summed E-state index contributed by atoms with van der Waals surface area (Å²) < 4.78 is 41.9. The number of fused-ring (bicyclic) bond motifs is 1. The highest BCUT2D eigenvalue weighted by Gasteiger charge is 2.33. The van der Waals surface area contributed by atoms with Crippen molar-refractivity contribution in [2.45, 2.75) is 12.7 Å². The first-order valence-corrected chi connectivity index (χ1v) is 10.7. The lowest BCUT2D eigenvalue weighted by Gasteiger charge is -2.34. The van der Waals surface area contributed by atoms with Gasteiger partial charge < -0.3 is 5.32 Å². The van der Waals surface area contributed by atoms with Crippen LogP contribution in [-0.2, 0) is 17.5 Å². The third-order valence-electron chi connectivity index (χ3n) is 5.50. The molecule has 0 aliphatic carbocycles. The molecule has 176 valence electrons. The van der Waals surface area contributed by atoms with Crippen LogP contribution in [0.3, 0.4) is 0 Å². The van der Waals surface area contributed by atoms with Gasteiger partial charge >= 0.3 is 11.9 Å². The van der Waals surface area contributed by atoms with Gasteiger partial charge in [0.05, 0.1) is 23.7 Å². The van der Waals surface area contributed by atoms with Crippen molar-refractivity contribution in [3.63, 3.8) is 0 Å². The second-order valence-electron chi connectivity index (χ2n) is 7.79. The molecule has 1 saturated heterocycles. The number of alkyl halides is 3. The number of piperazine rings is 1. The van der Waals surface area contributed by atoms with E-state index in [2.05, 4.69) is 15.3 Å². The van der Waals surface area contributed by atoms with Crippen molar-refractivity contribution in [2.24, 2.45) is 0 Å². The summed E-state index contributed by atoms with van der Waals surface area (Å²) in [5.74, 6) is -0.393. The number of pyridine rings is 1. The lowest BCUT2D eigenvalue weighted by Crippen LogP contribution is -2.49. The normalized spacial score (nSPS) is 15.8. The fourth-order valence-electron chi connectivity index (χ4n) is 3.74. The van der Waals surface area contributed by atoms with Crippen molar-refractivity contribution < 1.29 is 18.0 Å². The van der Waals surface area contributed by atoms with E-state index in [0.717, 1.165) is 12.1 Å². The summed E-state index contributed by atoms with van der Waals surface area (Å²) in [5.41, 5.74) is -0.522. The van der Waals surface area contributed by atoms with Gasteiger partial charge in [0, 0.05) is 44.6 Å². The molecular weight excluding hydrogens is 461 g/mol. The van der Waals surface area contributed by atoms with E-state index in [0.29, 0.717) is 44.9 Å². The Kier molecular flexibility index (Phi) is 6.73. The Morgan fingerprint density at radius 1 is 1.06 bits per heavy atom. The summed E-state index contributed by atoms with van der Waals surface area (Å²) in [6.07, 6.45) is -2.92. The van der Waals surface area contributed by atoms with Crippen LogP contribution in [0.15, 0.2) is 47.4 Å². The lowest BCUT2D eigenvalue weighted by molar-refractivity contribution is -0.137. The highest BCUT2D eigenvalue weighted by Crippen LogP contribution is 2.36. The third-order valence-corrected chi connectivity index (χ3v) is 5.83. The van der Waals surface area contributed by atoms with Crippen LogP contribution in [0.4, 0.5) is 18.9 Å². The number of hydrogen-bond acceptors (Lipinski definition) is 5. The topological polar surface area (TPSA) is 74.9 Å². The first kappa shape index (κ1) is 23.3. The summed E-state index contributed by atoms with van der Waals surface area (Å²) in [6.45, 7) is 3.84. The van der Waals surface area contributed by atoms with E-state index in [1.54, 1.807) is 18.3 Å². The Morgan fingerprint density at radius 2 is 1.79 bits per heavy atom. The molecule has 1 aromatic carbocycles. The smallest absolute Gasteiger partial charge is 0.325 e. The predicted molar refractivity (Wildman–Crippen MR) is 117 cm³/mol. The molecule has 0 unspecified atom stereocenters. The molecule has 1 fully saturated rings. The minimum Gasteiger partial charge on any atom is -0.325 e. The van der Waals surface area contributed by atoms with Gasteiger partial charge in [-0.1, -0.05) is 17.7 Å². The van der Waals surface area contributed by atoms with E-state index >= 15 is 0 Å². The van der Waals surface area contributed by atoms with E-state index in [1.807, 2.05) is 11.0 Å². The highest BCUT2D eigenvalue weighted by molar-refractivity contribution is 6.31. The number of amides is 1. The Morgan fingerprint density at radius 3 is 2.48 bits per heavy atom. The van der Waals surface area contributed by atoms with Gasteiger partial charge in [0.1, 0.15) is 0 Å². The zero-order valence-electron chi connectivity index (χ0n) is 17.6. The Hall–Kier alpha value is -2.89. The Balaban J connectivity index is 1.25. The van der Waals surface area contributed by atoms with E-state index < -0.39 is 22.7 Å². The number of halogens is 4. The van der Waals surface area contributed by atoms with Gasteiger partial charge in [-0.25, -0.2) is 9.48 Å². The van der Waals surface area contributed by atoms with Crippen LogP contribution in [0.1, 0.15) is 5.56 Å². The number of aromatic nitrogens is 3. The Labute approximate surface area is 192 Å². The second kappa shape index (κ2) is 9.54. The van der Waals surface area contributed by atoms with Crippen molar-refractivity contribution in [3.05, 3.63) is 63.7 Å². The lowest BCUT2D eigenvalue weighted by atomic mass is 10.2. The van der Waals surface area contributed by atoms with Crippen molar-refractivity contribution >= 4 is 28.8 Å². The SMILES string of the molecule is O=C(CN1CCN(CCn2nc3ccccn3c2=O)CC1)Nc1ccc(Cl)c(C(F)(F)F)c1. The fraction of sp³-hybridized carbons (Fsp3) is 0.381. The van der Waals surface area contributed by atoms with Gasteiger partial charge in [0.15, 0.2) is 5.65 Å². The maximum absolute atomic E-state index is 13.0. The van der Waals surface area contributed by atoms with E-state index in [9.17, 15) is 22.8 Å². The molecule has 0 saturated carbocycles. The molecule has 0 bridgehead atoms. The fourth-order valence-corrected chi connectivity index (χ4v) is 3.97. The molecule has 0 atom stereocenters. The zero-order valence-corrected chi connectivity index (χ0v) is 18.3. The summed E-state index contributed by atoms with van der Waals surface area (Å²) in [5, 5.41) is 6.41. The molecule has 12 heteroatoms. The van der Waals surface area contributed by atoms with Crippen molar-refractivity contribution in [3.8, 4) is 0 Å². The van der Waals surface area contributed by atoms with Gasteiger partial charge in [-0.2, -0.15) is 13.2 Å². The predicted octanol–water partition coefficient (Wildman–Crippen LogP) is 2.42. The van der Waals surface area contributed by atoms with Crippen LogP contribution in [-0.4, -0.2) is 69.2 Å². The number of carbonyl (C=O) groups excluding carboxylic acids is 1. The second-order valence-corrected chi connectivity index (χ2v) is 8.20. The number of benzene rings is 1. The van der Waals surface area contributed by atoms with Crippen LogP contribution in [0.25, 0.3) is 5.65 Å². The molecule has 2 aromatic heterocycles. The van der Waals surface area contributed by atoms with Gasteiger partial charge in [-0.15, -0.1) is 5.10 Å². The maximum Gasteiger partial charge on any atom is 0.417 e. The van der Waals surface area contributed by atoms with E-state index in [1.165, 1.54) is 15.1 Å². The highest BCUT2D eigenvalue weighted by atomic mass is 35.5. The quantitative estimate of drug-likeness (QED) is 0.584. The molecule has 1 aliphatic rings. The van der Waals surface area contributed by atoms with Crippen LogP contribution < -0.4 is 11.0 Å². The van der Waals surface area contributed by atoms with Gasteiger partial charge in [-0.05, 0) is 30.3 Å². The summed E-state index contributed by atoms with van der Waals surface area (Å²) in [4.78, 5) is 28.8. The molecule has 0 radical (unpaired) electrons. The van der Waals surface area contributed by atoms with Crippen LogP contribution >= 0.6 is 11.6 Å². The molecule has 0 spiro atoms. The Bertz CT molecular complexity index is 1200. The number of rotatable bonds is 6. The van der Waals surface area contributed by atoms with Crippen LogP contribution in [0, 0.1) is 0 Å². The van der Waals surface area contributed by atoms with Crippen molar-refractivity contribution in [1.29, 1.82) is 0 Å².